The molecular formula is C14H28N4. The summed E-state index contributed by atoms with van der Waals surface area (Å²) in [5.74, 6) is 6.58. The number of hydrogen-bond donors (Lipinski definition) is 2. The van der Waals surface area contributed by atoms with Gasteiger partial charge in [0, 0.05) is 13.1 Å². The normalized spacial score (nSPS) is 26.2. The van der Waals surface area contributed by atoms with Crippen LogP contribution in [0.5, 0.6) is 0 Å². The lowest BCUT2D eigenvalue weighted by Crippen LogP contribution is -2.50. The number of hydrogen-bond acceptors (Lipinski definition) is 2. The Kier molecular flexibility index (Phi) is 4.49. The van der Waals surface area contributed by atoms with Crippen molar-refractivity contribution in [2.24, 2.45) is 16.3 Å². The third kappa shape index (κ3) is 3.61. The molecule has 104 valence electrons. The highest BCUT2D eigenvalue weighted by Crippen LogP contribution is 2.30. The van der Waals surface area contributed by atoms with Gasteiger partial charge in [0.2, 0.25) is 5.96 Å². The van der Waals surface area contributed by atoms with Gasteiger partial charge in [-0.2, -0.15) is 0 Å². The predicted octanol–water partition coefficient (Wildman–Crippen LogP) is 2.26. The van der Waals surface area contributed by atoms with Crippen LogP contribution in [0.15, 0.2) is 4.99 Å². The quantitative estimate of drug-likeness (QED) is 0.326. The van der Waals surface area contributed by atoms with Gasteiger partial charge in [0.1, 0.15) is 0 Å². The standard InChI is InChI=1S/C14H28N4/c1-14(2)8-10-18(11-9-14)13(17-15)16-12-6-4-3-5-7-12/h12H,3-11,15H2,1-2H3,(H,16,17). The molecule has 18 heavy (non-hydrogen) atoms. The van der Waals surface area contributed by atoms with E-state index in [1.54, 1.807) is 0 Å². The fourth-order valence-electron chi connectivity index (χ4n) is 2.92. The first kappa shape index (κ1) is 13.7. The second-order valence-corrected chi connectivity index (χ2v) is 6.54. The monoisotopic (exact) mass is 252 g/mol. The number of piperidine rings is 1. The molecule has 0 aromatic carbocycles. The van der Waals surface area contributed by atoms with E-state index in [1.807, 2.05) is 0 Å². The lowest BCUT2D eigenvalue weighted by molar-refractivity contribution is 0.184. The zero-order valence-electron chi connectivity index (χ0n) is 11.9. The van der Waals surface area contributed by atoms with Crippen LogP contribution in [0.3, 0.4) is 0 Å². The topological polar surface area (TPSA) is 53.6 Å². The van der Waals surface area contributed by atoms with Crippen LogP contribution in [0.4, 0.5) is 0 Å². The lowest BCUT2D eigenvalue weighted by atomic mass is 9.83. The van der Waals surface area contributed by atoms with E-state index in [-0.39, 0.29) is 0 Å². The smallest absolute Gasteiger partial charge is 0.208 e. The summed E-state index contributed by atoms with van der Waals surface area (Å²) in [5, 5.41) is 0. The summed E-state index contributed by atoms with van der Waals surface area (Å²) in [6, 6.07) is 0.486. The molecule has 0 aromatic heterocycles. The number of likely N-dealkylation sites (tertiary alicyclic amines) is 1. The first-order valence-corrected chi connectivity index (χ1v) is 7.40. The second kappa shape index (κ2) is 5.91. The maximum Gasteiger partial charge on any atom is 0.208 e. The molecule has 1 aliphatic heterocycles. The molecule has 0 aromatic rings. The van der Waals surface area contributed by atoms with Crippen LogP contribution in [0.1, 0.15) is 58.8 Å². The molecule has 2 fully saturated rings. The van der Waals surface area contributed by atoms with E-state index in [2.05, 4.69) is 24.2 Å². The van der Waals surface area contributed by atoms with Gasteiger partial charge in [-0.05, 0) is 31.1 Å². The Morgan fingerprint density at radius 2 is 1.78 bits per heavy atom. The van der Waals surface area contributed by atoms with Crippen molar-refractivity contribution in [1.82, 2.24) is 10.3 Å². The van der Waals surface area contributed by atoms with Crippen LogP contribution >= 0.6 is 0 Å². The molecule has 0 bridgehead atoms. The van der Waals surface area contributed by atoms with Crippen LogP contribution < -0.4 is 11.3 Å². The molecule has 1 saturated heterocycles. The molecule has 0 unspecified atom stereocenters. The van der Waals surface area contributed by atoms with Crippen molar-refractivity contribution in [2.75, 3.05) is 13.1 Å². The van der Waals surface area contributed by atoms with Crippen LogP contribution in [0, 0.1) is 5.41 Å². The van der Waals surface area contributed by atoms with Gasteiger partial charge in [0.15, 0.2) is 0 Å². The summed E-state index contributed by atoms with van der Waals surface area (Å²) >= 11 is 0. The molecule has 1 saturated carbocycles. The van der Waals surface area contributed by atoms with Gasteiger partial charge in [-0.1, -0.05) is 33.1 Å². The molecule has 0 spiro atoms. The Morgan fingerprint density at radius 3 is 2.33 bits per heavy atom. The highest BCUT2D eigenvalue weighted by molar-refractivity contribution is 5.79. The molecule has 4 nitrogen and oxygen atoms in total. The molecule has 1 heterocycles. The third-order valence-corrected chi connectivity index (χ3v) is 4.43. The Labute approximate surface area is 111 Å². The summed E-state index contributed by atoms with van der Waals surface area (Å²) in [4.78, 5) is 7.15. The first-order valence-electron chi connectivity index (χ1n) is 7.40. The molecule has 0 amide bonds. The van der Waals surface area contributed by atoms with Crippen molar-refractivity contribution in [3.05, 3.63) is 0 Å². The first-order chi connectivity index (χ1) is 8.61. The zero-order chi connectivity index (χ0) is 13.0. The fourth-order valence-corrected chi connectivity index (χ4v) is 2.92. The zero-order valence-corrected chi connectivity index (χ0v) is 11.9. The number of hydrazine groups is 1. The SMILES string of the molecule is CC1(C)CCN(C(=NC2CCCCC2)NN)CC1. The second-order valence-electron chi connectivity index (χ2n) is 6.54. The van der Waals surface area contributed by atoms with Gasteiger partial charge >= 0.3 is 0 Å². The maximum atomic E-state index is 5.67. The van der Waals surface area contributed by atoms with E-state index in [0.29, 0.717) is 11.5 Å². The molecule has 2 aliphatic rings. The van der Waals surface area contributed by atoms with Gasteiger partial charge in [0.05, 0.1) is 6.04 Å². The van der Waals surface area contributed by atoms with Crippen molar-refractivity contribution in [3.8, 4) is 0 Å². The lowest BCUT2D eigenvalue weighted by Gasteiger charge is -2.38. The number of nitrogens with zero attached hydrogens (tertiary/aromatic N) is 2. The number of nitrogens with one attached hydrogen (secondary N) is 1. The van der Waals surface area contributed by atoms with Crippen LogP contribution in [0.25, 0.3) is 0 Å². The maximum absolute atomic E-state index is 5.67. The van der Waals surface area contributed by atoms with E-state index in [0.717, 1.165) is 19.0 Å². The predicted molar refractivity (Wildman–Crippen MR) is 76.2 cm³/mol. The molecule has 0 radical (unpaired) electrons. The summed E-state index contributed by atoms with van der Waals surface area (Å²) in [7, 11) is 0. The van der Waals surface area contributed by atoms with E-state index < -0.39 is 0 Å². The molecular weight excluding hydrogens is 224 g/mol. The van der Waals surface area contributed by atoms with Gasteiger partial charge in [0.25, 0.3) is 0 Å². The van der Waals surface area contributed by atoms with Crippen LogP contribution in [-0.4, -0.2) is 30.0 Å². The van der Waals surface area contributed by atoms with E-state index in [4.69, 9.17) is 10.8 Å². The minimum absolute atomic E-state index is 0.473. The largest absolute Gasteiger partial charge is 0.342 e. The highest BCUT2D eigenvalue weighted by atomic mass is 15.4. The van der Waals surface area contributed by atoms with Gasteiger partial charge < -0.3 is 4.90 Å². The molecule has 1 aliphatic carbocycles. The number of nitrogens with two attached hydrogens (primary N) is 1. The van der Waals surface area contributed by atoms with Crippen LogP contribution in [-0.2, 0) is 0 Å². The van der Waals surface area contributed by atoms with E-state index in [9.17, 15) is 0 Å². The molecule has 0 atom stereocenters. The van der Waals surface area contributed by atoms with Gasteiger partial charge in [-0.25, -0.2) is 10.8 Å². The summed E-state index contributed by atoms with van der Waals surface area (Å²) in [6.07, 6.45) is 8.90. The average Bonchev–Trinajstić information content (AvgIpc) is 2.38. The van der Waals surface area contributed by atoms with Gasteiger partial charge in [-0.3, -0.25) is 5.43 Å². The summed E-state index contributed by atoms with van der Waals surface area (Å²) in [5.41, 5.74) is 3.30. The summed E-state index contributed by atoms with van der Waals surface area (Å²) < 4.78 is 0. The van der Waals surface area contributed by atoms with Crippen molar-refractivity contribution in [1.29, 1.82) is 0 Å². The fraction of sp³-hybridized carbons (Fsp3) is 0.929. The minimum Gasteiger partial charge on any atom is -0.342 e. The van der Waals surface area contributed by atoms with Gasteiger partial charge in [-0.15, -0.1) is 0 Å². The number of aliphatic imine (C=N–C) groups is 1. The summed E-state index contributed by atoms with van der Waals surface area (Å²) in [6.45, 7) is 6.84. The van der Waals surface area contributed by atoms with E-state index in [1.165, 1.54) is 44.9 Å². The van der Waals surface area contributed by atoms with Crippen molar-refractivity contribution in [2.45, 2.75) is 64.8 Å². The number of rotatable bonds is 1. The Morgan fingerprint density at radius 1 is 1.17 bits per heavy atom. The van der Waals surface area contributed by atoms with E-state index >= 15 is 0 Å². The van der Waals surface area contributed by atoms with Crippen molar-refractivity contribution < 1.29 is 0 Å². The number of guanidine groups is 1. The molecule has 4 heteroatoms. The Hall–Kier alpha value is -0.770. The van der Waals surface area contributed by atoms with Crippen LogP contribution in [0.2, 0.25) is 0 Å². The third-order valence-electron chi connectivity index (χ3n) is 4.43. The Bertz CT molecular complexity index is 282. The highest BCUT2D eigenvalue weighted by Gasteiger charge is 2.27. The molecule has 2 rings (SSSR count). The van der Waals surface area contributed by atoms with Crippen molar-refractivity contribution >= 4 is 5.96 Å². The average molecular weight is 252 g/mol. The molecule has 3 N–H and O–H groups in total. The minimum atomic E-state index is 0.473. The Balaban J connectivity index is 1.93. The van der Waals surface area contributed by atoms with Crippen molar-refractivity contribution in [3.63, 3.8) is 0 Å².